The Kier molecular flexibility index (Phi) is 10.1. The maximum Gasteiger partial charge on any atom is 0.350 e. The van der Waals surface area contributed by atoms with Gasteiger partial charge in [-0.2, -0.15) is 0 Å². The molecule has 11 nitrogen and oxygen atoms in total. The fourth-order valence-corrected chi connectivity index (χ4v) is 6.26. The summed E-state index contributed by atoms with van der Waals surface area (Å²) in [5.41, 5.74) is 2.86. The number of rotatable bonds is 12. The lowest BCUT2D eigenvalue weighted by Crippen LogP contribution is -2.29. The molecule has 2 heterocycles. The number of aliphatic hydroxyl groups is 1. The number of carbonyl (C=O) groups is 3. The van der Waals surface area contributed by atoms with Crippen LogP contribution in [0.1, 0.15) is 43.7 Å². The normalized spacial score (nSPS) is 15.3. The molecule has 0 bridgehead atoms. The van der Waals surface area contributed by atoms with Crippen LogP contribution >= 0.6 is 11.3 Å². The van der Waals surface area contributed by atoms with Gasteiger partial charge in [-0.3, -0.25) is 14.5 Å². The number of ketones is 1. The maximum atomic E-state index is 13.8. The maximum absolute atomic E-state index is 13.8. The highest BCUT2D eigenvalue weighted by atomic mass is 32.1. The lowest BCUT2D eigenvalue weighted by atomic mass is 9.94. The minimum absolute atomic E-state index is 0.0167. The van der Waals surface area contributed by atoms with E-state index in [4.69, 9.17) is 23.7 Å². The number of esters is 1. The topological polar surface area (TPSA) is 134 Å². The molecule has 0 radical (unpaired) electrons. The van der Waals surface area contributed by atoms with Gasteiger partial charge >= 0.3 is 11.9 Å². The first-order valence-corrected chi connectivity index (χ1v) is 15.6. The summed E-state index contributed by atoms with van der Waals surface area (Å²) < 4.78 is 27.7. The Bertz CT molecular complexity index is 1890. The minimum atomic E-state index is -1.20. The van der Waals surface area contributed by atoms with E-state index < -0.39 is 29.5 Å². The molecule has 0 spiro atoms. The van der Waals surface area contributed by atoms with Crippen LogP contribution in [0.3, 0.4) is 0 Å². The van der Waals surface area contributed by atoms with Gasteiger partial charge in [0.05, 0.1) is 38.6 Å². The van der Waals surface area contributed by atoms with Gasteiger partial charge in [0.1, 0.15) is 29.6 Å². The molecule has 1 unspecified atom stereocenters. The zero-order valence-corrected chi connectivity index (χ0v) is 27.9. The number of methoxy groups -OCH3 is 3. The van der Waals surface area contributed by atoms with Crippen molar-refractivity contribution in [3.05, 3.63) is 112 Å². The Hall–Kier alpha value is -5.62. The molecule has 12 heteroatoms. The van der Waals surface area contributed by atoms with E-state index in [2.05, 4.69) is 11.6 Å². The number of nitrogens with zero attached hydrogens (tertiary/aromatic N) is 2. The zero-order chi connectivity index (χ0) is 34.5. The van der Waals surface area contributed by atoms with E-state index in [9.17, 15) is 19.5 Å². The van der Waals surface area contributed by atoms with Crippen LogP contribution in [-0.2, 0) is 20.9 Å². The first-order chi connectivity index (χ1) is 23.1. The number of amides is 1. The molecule has 4 aromatic rings. The van der Waals surface area contributed by atoms with E-state index >= 15 is 0 Å². The molecule has 48 heavy (non-hydrogen) atoms. The Labute approximate surface area is 281 Å². The van der Waals surface area contributed by atoms with Crippen LogP contribution in [0.25, 0.3) is 5.76 Å². The molecule has 1 atom stereocenters. The average molecular weight is 671 g/mol. The number of Topliss-reactive ketones (excluding diaryl/α,β-unsaturated/α-hetero) is 1. The molecule has 0 aliphatic carbocycles. The highest BCUT2D eigenvalue weighted by Gasteiger charge is 2.49. The molecule has 5 rings (SSSR count). The number of aromatic nitrogens is 1. The molecule has 1 amide bonds. The van der Waals surface area contributed by atoms with Gasteiger partial charge in [0.15, 0.2) is 16.6 Å². The predicted molar refractivity (Wildman–Crippen MR) is 180 cm³/mol. The molecule has 1 saturated heterocycles. The largest absolute Gasteiger partial charge is 0.507 e. The zero-order valence-electron chi connectivity index (χ0n) is 27.1. The highest BCUT2D eigenvalue weighted by Crippen LogP contribution is 2.48. The number of hydrogen-bond donors (Lipinski definition) is 1. The van der Waals surface area contributed by atoms with Crippen molar-refractivity contribution in [2.45, 2.75) is 26.5 Å². The number of carbonyl (C=O) groups excluding carboxylic acids is 3. The van der Waals surface area contributed by atoms with Crippen LogP contribution in [0.4, 0.5) is 5.13 Å². The summed E-state index contributed by atoms with van der Waals surface area (Å²) >= 11 is 0.888. The van der Waals surface area contributed by atoms with Gasteiger partial charge in [0.25, 0.3) is 5.78 Å². The van der Waals surface area contributed by atoms with Crippen LogP contribution in [0.5, 0.6) is 23.0 Å². The molecule has 248 valence electrons. The van der Waals surface area contributed by atoms with E-state index in [1.54, 1.807) is 43.3 Å². The van der Waals surface area contributed by atoms with Crippen molar-refractivity contribution in [2.24, 2.45) is 0 Å². The number of thiazole rings is 1. The molecule has 1 N–H and O–H groups in total. The summed E-state index contributed by atoms with van der Waals surface area (Å²) in [7, 11) is 4.32. The molecule has 3 aromatic carbocycles. The molecular formula is C36H34N2O9S. The first kappa shape index (κ1) is 33.7. The molecule has 1 aromatic heterocycles. The van der Waals surface area contributed by atoms with Gasteiger partial charge in [-0.05, 0) is 66.9 Å². The number of benzene rings is 3. The summed E-state index contributed by atoms with van der Waals surface area (Å²) in [5, 5.41) is 11.7. The summed E-state index contributed by atoms with van der Waals surface area (Å²) in [5.74, 6) is -1.61. The van der Waals surface area contributed by atoms with Crippen molar-refractivity contribution in [1.82, 2.24) is 4.98 Å². The Morgan fingerprint density at radius 3 is 2.27 bits per heavy atom. The van der Waals surface area contributed by atoms with E-state index in [0.717, 1.165) is 27.4 Å². The standard InChI is InChI=1S/C36H34N2O9S/c1-7-16-46-35(42)33-21(3)37-36(48-33)38-29(24-17-26(43-4)32(45-6)27(18-24)44-5)28(31(40)34(38)41)30(39)22-12-14-25(15-13-22)47-19-23-11-9-8-10-20(23)2/h7-15,17-18,29,39H,1,16,19H2,2-6H3. The van der Waals surface area contributed by atoms with Crippen molar-refractivity contribution in [1.29, 1.82) is 0 Å². The van der Waals surface area contributed by atoms with Crippen molar-refractivity contribution in [3.8, 4) is 23.0 Å². The summed E-state index contributed by atoms with van der Waals surface area (Å²) in [6, 6.07) is 16.4. The van der Waals surface area contributed by atoms with Crippen molar-refractivity contribution < 1.29 is 43.2 Å². The van der Waals surface area contributed by atoms with Crippen LogP contribution < -0.4 is 23.8 Å². The number of aryl methyl sites for hydroxylation is 2. The highest BCUT2D eigenvalue weighted by molar-refractivity contribution is 7.17. The number of ether oxygens (including phenoxy) is 5. The fraction of sp³-hybridized carbons (Fsp3) is 0.222. The van der Waals surface area contributed by atoms with E-state index in [1.807, 2.05) is 31.2 Å². The molecule has 1 aliphatic heterocycles. The Balaban J connectivity index is 1.61. The molecule has 0 saturated carbocycles. The van der Waals surface area contributed by atoms with Crippen molar-refractivity contribution in [2.75, 3.05) is 32.8 Å². The lowest BCUT2D eigenvalue weighted by Gasteiger charge is -2.24. The molecule has 1 fully saturated rings. The van der Waals surface area contributed by atoms with Gasteiger partial charge in [-0.15, -0.1) is 0 Å². The second kappa shape index (κ2) is 14.4. The van der Waals surface area contributed by atoms with E-state index in [0.29, 0.717) is 29.4 Å². The second-order valence-electron chi connectivity index (χ2n) is 10.7. The second-order valence-corrected chi connectivity index (χ2v) is 11.6. The smallest absolute Gasteiger partial charge is 0.350 e. The van der Waals surface area contributed by atoms with Gasteiger partial charge in [0, 0.05) is 5.56 Å². The fourth-order valence-electron chi connectivity index (χ4n) is 5.28. The van der Waals surface area contributed by atoms with Crippen LogP contribution in [0, 0.1) is 13.8 Å². The summed E-state index contributed by atoms with van der Waals surface area (Å²) in [6.07, 6.45) is 1.43. The van der Waals surface area contributed by atoms with Crippen molar-refractivity contribution >= 4 is 39.9 Å². The van der Waals surface area contributed by atoms with Crippen LogP contribution in [0.15, 0.2) is 78.9 Å². The molecular weight excluding hydrogens is 636 g/mol. The van der Waals surface area contributed by atoms with Crippen LogP contribution in [0.2, 0.25) is 0 Å². The average Bonchev–Trinajstić information content (AvgIpc) is 3.61. The van der Waals surface area contributed by atoms with Gasteiger partial charge in [-0.25, -0.2) is 9.78 Å². The summed E-state index contributed by atoms with van der Waals surface area (Å²) in [6.45, 7) is 7.48. The Morgan fingerprint density at radius 1 is 1.00 bits per heavy atom. The monoisotopic (exact) mass is 670 g/mol. The SMILES string of the molecule is C=CCOC(=O)c1sc(N2C(=O)C(=O)C(=C(O)c3ccc(OCc4ccccc4C)cc3)C2c2cc(OC)c(OC)c(OC)c2)nc1C. The number of aliphatic hydroxyl groups excluding tert-OH is 1. The third kappa shape index (κ3) is 6.47. The van der Waals surface area contributed by atoms with Gasteiger partial charge in [0.2, 0.25) is 5.75 Å². The van der Waals surface area contributed by atoms with E-state index in [1.165, 1.54) is 27.4 Å². The minimum Gasteiger partial charge on any atom is -0.507 e. The predicted octanol–water partition coefficient (Wildman–Crippen LogP) is 6.33. The van der Waals surface area contributed by atoms with Gasteiger partial charge in [-0.1, -0.05) is 48.3 Å². The summed E-state index contributed by atoms with van der Waals surface area (Å²) in [4.78, 5) is 46.1. The Morgan fingerprint density at radius 2 is 1.67 bits per heavy atom. The third-order valence-corrected chi connectivity index (χ3v) is 8.88. The first-order valence-electron chi connectivity index (χ1n) is 14.8. The van der Waals surface area contributed by atoms with Crippen LogP contribution in [-0.4, -0.2) is 55.7 Å². The number of hydrogen-bond acceptors (Lipinski definition) is 11. The quantitative estimate of drug-likeness (QED) is 0.0599. The lowest BCUT2D eigenvalue weighted by molar-refractivity contribution is -0.132. The third-order valence-electron chi connectivity index (χ3n) is 7.74. The van der Waals surface area contributed by atoms with Gasteiger partial charge < -0.3 is 28.8 Å². The van der Waals surface area contributed by atoms with E-state index in [-0.39, 0.29) is 39.3 Å². The number of anilines is 1. The molecule has 1 aliphatic rings. The van der Waals surface area contributed by atoms with Crippen molar-refractivity contribution in [3.63, 3.8) is 0 Å².